The Labute approximate surface area is 104 Å². The maximum Gasteiger partial charge on any atom is 0.416 e. The monoisotopic (exact) mass is 263 g/mol. The molecule has 1 rings (SSSR count). The largest absolute Gasteiger partial charge is 0.491 e. The van der Waals surface area contributed by atoms with E-state index in [2.05, 4.69) is 0 Å². The summed E-state index contributed by atoms with van der Waals surface area (Å²) in [5.41, 5.74) is 4.75. The van der Waals surface area contributed by atoms with Crippen molar-refractivity contribution in [3.8, 4) is 5.75 Å². The Balaban J connectivity index is 2.53. The quantitative estimate of drug-likeness (QED) is 0.857. The van der Waals surface area contributed by atoms with E-state index in [0.717, 1.165) is 12.1 Å². The zero-order valence-corrected chi connectivity index (χ0v) is 10.0. The van der Waals surface area contributed by atoms with Gasteiger partial charge < -0.3 is 15.2 Å². The van der Waals surface area contributed by atoms with E-state index in [0.29, 0.717) is 18.9 Å². The van der Waals surface area contributed by atoms with Crippen LogP contribution < -0.4 is 10.5 Å². The minimum Gasteiger partial charge on any atom is -0.491 e. The van der Waals surface area contributed by atoms with Gasteiger partial charge in [0.1, 0.15) is 18.5 Å². The lowest BCUT2D eigenvalue weighted by Gasteiger charge is -2.16. The number of rotatable bonds is 6. The van der Waals surface area contributed by atoms with E-state index in [1.807, 2.05) is 6.92 Å². The number of alkyl halides is 3. The van der Waals surface area contributed by atoms with Crippen molar-refractivity contribution in [2.75, 3.05) is 19.8 Å². The first-order chi connectivity index (χ1) is 8.47. The van der Waals surface area contributed by atoms with E-state index in [9.17, 15) is 13.2 Å². The predicted octanol–water partition coefficient (Wildman–Crippen LogP) is 2.45. The van der Waals surface area contributed by atoms with Gasteiger partial charge in [-0.3, -0.25) is 0 Å². The Hall–Kier alpha value is -1.27. The first kappa shape index (κ1) is 14.8. The molecule has 0 bridgehead atoms. The van der Waals surface area contributed by atoms with E-state index in [4.69, 9.17) is 15.2 Å². The van der Waals surface area contributed by atoms with Crippen molar-refractivity contribution in [2.45, 2.75) is 19.2 Å². The van der Waals surface area contributed by atoms with Gasteiger partial charge in [0.05, 0.1) is 5.56 Å². The van der Waals surface area contributed by atoms with E-state index in [-0.39, 0.29) is 12.7 Å². The summed E-state index contributed by atoms with van der Waals surface area (Å²) in [4.78, 5) is 0. The first-order valence-corrected chi connectivity index (χ1v) is 5.59. The SMILES string of the molecule is CCOC(CN)COc1ccc(C(F)(F)F)cc1. The van der Waals surface area contributed by atoms with Crippen LogP contribution in [0.3, 0.4) is 0 Å². The normalized spacial score (nSPS) is 13.4. The summed E-state index contributed by atoms with van der Waals surface area (Å²) >= 11 is 0. The fourth-order valence-electron chi connectivity index (χ4n) is 1.35. The van der Waals surface area contributed by atoms with Crippen LogP contribution in [0.25, 0.3) is 0 Å². The molecule has 1 atom stereocenters. The fourth-order valence-corrected chi connectivity index (χ4v) is 1.35. The van der Waals surface area contributed by atoms with Crippen LogP contribution in [0.5, 0.6) is 5.75 Å². The molecule has 0 aliphatic rings. The third-order valence-corrected chi connectivity index (χ3v) is 2.28. The van der Waals surface area contributed by atoms with Crippen molar-refractivity contribution >= 4 is 0 Å². The van der Waals surface area contributed by atoms with E-state index < -0.39 is 11.7 Å². The smallest absolute Gasteiger partial charge is 0.416 e. The summed E-state index contributed by atoms with van der Waals surface area (Å²) in [7, 11) is 0. The molecule has 0 fully saturated rings. The second kappa shape index (κ2) is 6.61. The molecule has 1 aromatic rings. The fraction of sp³-hybridized carbons (Fsp3) is 0.500. The average molecular weight is 263 g/mol. The highest BCUT2D eigenvalue weighted by Crippen LogP contribution is 2.30. The van der Waals surface area contributed by atoms with Crippen LogP contribution in [-0.4, -0.2) is 25.9 Å². The molecule has 0 aromatic heterocycles. The lowest BCUT2D eigenvalue weighted by atomic mass is 10.2. The second-order valence-corrected chi connectivity index (χ2v) is 3.65. The molecular weight excluding hydrogens is 247 g/mol. The van der Waals surface area contributed by atoms with Crippen molar-refractivity contribution in [3.05, 3.63) is 29.8 Å². The molecule has 0 amide bonds. The van der Waals surface area contributed by atoms with Gasteiger partial charge in [-0.05, 0) is 31.2 Å². The molecule has 6 heteroatoms. The highest BCUT2D eigenvalue weighted by atomic mass is 19.4. The number of hydrogen-bond donors (Lipinski definition) is 1. The van der Waals surface area contributed by atoms with Crippen LogP contribution in [0.15, 0.2) is 24.3 Å². The van der Waals surface area contributed by atoms with E-state index in [1.54, 1.807) is 0 Å². The standard InChI is InChI=1S/C12H16F3NO2/c1-2-17-11(7-16)8-18-10-5-3-9(4-6-10)12(13,14)15/h3-6,11H,2,7-8,16H2,1H3. The molecule has 102 valence electrons. The second-order valence-electron chi connectivity index (χ2n) is 3.65. The van der Waals surface area contributed by atoms with Gasteiger partial charge in [0, 0.05) is 13.2 Å². The number of ether oxygens (including phenoxy) is 2. The Kier molecular flexibility index (Phi) is 5.43. The lowest BCUT2D eigenvalue weighted by molar-refractivity contribution is -0.137. The Bertz CT molecular complexity index is 351. The lowest BCUT2D eigenvalue weighted by Crippen LogP contribution is -2.30. The Morgan fingerprint density at radius 2 is 1.83 bits per heavy atom. The van der Waals surface area contributed by atoms with Crippen LogP contribution in [0.4, 0.5) is 13.2 Å². The van der Waals surface area contributed by atoms with E-state index in [1.165, 1.54) is 12.1 Å². The Morgan fingerprint density at radius 1 is 1.22 bits per heavy atom. The van der Waals surface area contributed by atoms with Crippen LogP contribution in [0, 0.1) is 0 Å². The van der Waals surface area contributed by atoms with Crippen molar-refractivity contribution in [3.63, 3.8) is 0 Å². The van der Waals surface area contributed by atoms with Gasteiger partial charge in [-0.2, -0.15) is 13.2 Å². The summed E-state index contributed by atoms with van der Waals surface area (Å²) in [6, 6.07) is 4.52. The molecule has 1 aromatic carbocycles. The van der Waals surface area contributed by atoms with Crippen LogP contribution >= 0.6 is 0 Å². The van der Waals surface area contributed by atoms with Gasteiger partial charge in [0.2, 0.25) is 0 Å². The van der Waals surface area contributed by atoms with Crippen LogP contribution in [-0.2, 0) is 10.9 Å². The van der Waals surface area contributed by atoms with Crippen LogP contribution in [0.2, 0.25) is 0 Å². The average Bonchev–Trinajstić information content (AvgIpc) is 2.34. The molecule has 1 unspecified atom stereocenters. The maximum absolute atomic E-state index is 12.3. The highest BCUT2D eigenvalue weighted by molar-refractivity contribution is 5.28. The van der Waals surface area contributed by atoms with Gasteiger partial charge in [-0.15, -0.1) is 0 Å². The summed E-state index contributed by atoms with van der Waals surface area (Å²) in [6.07, 6.45) is -4.58. The number of benzene rings is 1. The predicted molar refractivity (Wildman–Crippen MR) is 61.4 cm³/mol. The van der Waals surface area contributed by atoms with Crippen molar-refractivity contribution in [2.24, 2.45) is 5.73 Å². The zero-order chi connectivity index (χ0) is 13.6. The van der Waals surface area contributed by atoms with Gasteiger partial charge in [-0.25, -0.2) is 0 Å². The zero-order valence-electron chi connectivity index (χ0n) is 10.0. The summed E-state index contributed by atoms with van der Waals surface area (Å²) in [6.45, 7) is 2.86. The Morgan fingerprint density at radius 3 is 2.28 bits per heavy atom. The molecule has 0 heterocycles. The van der Waals surface area contributed by atoms with Crippen molar-refractivity contribution in [1.82, 2.24) is 0 Å². The van der Waals surface area contributed by atoms with Gasteiger partial charge >= 0.3 is 6.18 Å². The summed E-state index contributed by atoms with van der Waals surface area (Å²) < 4.78 is 47.5. The molecule has 18 heavy (non-hydrogen) atoms. The minimum atomic E-state index is -4.33. The topological polar surface area (TPSA) is 44.5 Å². The number of halogens is 3. The van der Waals surface area contributed by atoms with Crippen LogP contribution in [0.1, 0.15) is 12.5 Å². The van der Waals surface area contributed by atoms with Gasteiger partial charge in [-0.1, -0.05) is 0 Å². The molecule has 0 saturated heterocycles. The number of hydrogen-bond acceptors (Lipinski definition) is 3. The third-order valence-electron chi connectivity index (χ3n) is 2.28. The number of nitrogens with two attached hydrogens (primary N) is 1. The third kappa shape index (κ3) is 4.54. The molecule has 0 aliphatic heterocycles. The molecule has 0 spiro atoms. The van der Waals surface area contributed by atoms with E-state index >= 15 is 0 Å². The molecule has 0 saturated carbocycles. The molecule has 2 N–H and O–H groups in total. The van der Waals surface area contributed by atoms with Gasteiger partial charge in [0.15, 0.2) is 0 Å². The molecule has 3 nitrogen and oxygen atoms in total. The molecule has 0 aliphatic carbocycles. The first-order valence-electron chi connectivity index (χ1n) is 5.59. The summed E-state index contributed by atoms with van der Waals surface area (Å²) in [5, 5.41) is 0. The van der Waals surface area contributed by atoms with Crippen molar-refractivity contribution in [1.29, 1.82) is 0 Å². The molecule has 0 radical (unpaired) electrons. The van der Waals surface area contributed by atoms with Gasteiger partial charge in [0.25, 0.3) is 0 Å². The molecular formula is C12H16F3NO2. The highest BCUT2D eigenvalue weighted by Gasteiger charge is 2.30. The summed E-state index contributed by atoms with van der Waals surface area (Å²) in [5.74, 6) is 0.362. The minimum absolute atomic E-state index is 0.218. The maximum atomic E-state index is 12.3. The van der Waals surface area contributed by atoms with Crippen molar-refractivity contribution < 1.29 is 22.6 Å².